The molecule has 2 aliphatic rings. The van der Waals surface area contributed by atoms with Crippen LogP contribution in [-0.4, -0.2) is 12.6 Å². The number of hydrogen-bond acceptors (Lipinski definition) is 1. The van der Waals surface area contributed by atoms with E-state index in [0.29, 0.717) is 0 Å². The Balaban J connectivity index is 1.82. The summed E-state index contributed by atoms with van der Waals surface area (Å²) in [6.07, 6.45) is 14.7. The van der Waals surface area contributed by atoms with Gasteiger partial charge in [-0.1, -0.05) is 46.5 Å². The highest BCUT2D eigenvalue weighted by atomic mass is 14.9. The first-order valence-corrected chi connectivity index (χ1v) is 9.44. The van der Waals surface area contributed by atoms with Gasteiger partial charge in [0.05, 0.1) is 0 Å². The fourth-order valence-electron chi connectivity index (χ4n) is 4.59. The molecule has 2 fully saturated rings. The van der Waals surface area contributed by atoms with E-state index in [9.17, 15) is 0 Å². The van der Waals surface area contributed by atoms with Crippen LogP contribution < -0.4 is 5.32 Å². The van der Waals surface area contributed by atoms with Gasteiger partial charge < -0.3 is 5.32 Å². The van der Waals surface area contributed by atoms with Gasteiger partial charge >= 0.3 is 0 Å². The summed E-state index contributed by atoms with van der Waals surface area (Å²) in [5, 5.41) is 3.91. The molecule has 1 unspecified atom stereocenters. The van der Waals surface area contributed by atoms with Crippen molar-refractivity contribution in [2.75, 3.05) is 6.54 Å². The predicted octanol–water partition coefficient (Wildman–Crippen LogP) is 5.40. The maximum atomic E-state index is 3.91. The molecular formula is C19H37N. The summed E-state index contributed by atoms with van der Waals surface area (Å²) in [5.74, 6) is 3.90. The average molecular weight is 280 g/mol. The minimum atomic E-state index is 0.825. The van der Waals surface area contributed by atoms with Crippen molar-refractivity contribution in [3.05, 3.63) is 0 Å². The molecule has 0 saturated heterocycles. The first-order valence-electron chi connectivity index (χ1n) is 9.44. The molecule has 2 rings (SSSR count). The van der Waals surface area contributed by atoms with Gasteiger partial charge in [-0.15, -0.1) is 0 Å². The molecule has 0 bridgehead atoms. The Morgan fingerprint density at radius 1 is 0.900 bits per heavy atom. The van der Waals surface area contributed by atoms with Crippen molar-refractivity contribution in [3.63, 3.8) is 0 Å². The molecule has 0 aromatic heterocycles. The van der Waals surface area contributed by atoms with Crippen LogP contribution in [0.2, 0.25) is 0 Å². The summed E-state index contributed by atoms with van der Waals surface area (Å²) in [4.78, 5) is 0. The van der Waals surface area contributed by atoms with E-state index < -0.39 is 0 Å². The fraction of sp³-hybridized carbons (Fsp3) is 1.00. The van der Waals surface area contributed by atoms with Gasteiger partial charge in [0.25, 0.3) is 0 Å². The summed E-state index contributed by atoms with van der Waals surface area (Å²) >= 11 is 0. The lowest BCUT2D eigenvalue weighted by molar-refractivity contribution is 0.174. The highest BCUT2D eigenvalue weighted by Crippen LogP contribution is 2.38. The normalized spacial score (nSPS) is 30.0. The Kier molecular flexibility index (Phi) is 6.87. The second-order valence-corrected chi connectivity index (χ2v) is 7.87. The van der Waals surface area contributed by atoms with Gasteiger partial charge in [-0.2, -0.15) is 0 Å². The van der Waals surface area contributed by atoms with Crippen LogP contribution in [0.15, 0.2) is 0 Å². The van der Waals surface area contributed by atoms with Gasteiger partial charge in [0.1, 0.15) is 0 Å². The van der Waals surface area contributed by atoms with Gasteiger partial charge in [0.2, 0.25) is 0 Å². The van der Waals surface area contributed by atoms with E-state index in [1.165, 1.54) is 70.8 Å². The summed E-state index contributed by atoms with van der Waals surface area (Å²) < 4.78 is 0. The maximum absolute atomic E-state index is 3.91. The van der Waals surface area contributed by atoms with Crippen molar-refractivity contribution in [1.82, 2.24) is 5.32 Å². The molecule has 2 aliphatic carbocycles. The van der Waals surface area contributed by atoms with Crippen molar-refractivity contribution in [3.8, 4) is 0 Å². The van der Waals surface area contributed by atoms with Crippen LogP contribution in [0, 0.1) is 23.7 Å². The van der Waals surface area contributed by atoms with E-state index in [1.807, 2.05) is 0 Å². The second kappa shape index (κ2) is 8.41. The Labute approximate surface area is 127 Å². The summed E-state index contributed by atoms with van der Waals surface area (Å²) in [6.45, 7) is 8.35. The van der Waals surface area contributed by atoms with Crippen LogP contribution >= 0.6 is 0 Å². The van der Waals surface area contributed by atoms with E-state index in [4.69, 9.17) is 0 Å². The predicted molar refractivity (Wildman–Crippen MR) is 88.9 cm³/mol. The first-order chi connectivity index (χ1) is 9.70. The zero-order chi connectivity index (χ0) is 14.4. The van der Waals surface area contributed by atoms with Crippen LogP contribution in [-0.2, 0) is 0 Å². The summed E-state index contributed by atoms with van der Waals surface area (Å²) in [7, 11) is 0. The molecule has 1 atom stereocenters. The lowest BCUT2D eigenvalue weighted by atomic mass is 9.73. The molecule has 0 aromatic rings. The highest BCUT2D eigenvalue weighted by molar-refractivity contribution is 4.85. The van der Waals surface area contributed by atoms with E-state index in [-0.39, 0.29) is 0 Å². The van der Waals surface area contributed by atoms with Crippen molar-refractivity contribution >= 4 is 0 Å². The first kappa shape index (κ1) is 16.3. The Hall–Kier alpha value is -0.0400. The molecule has 20 heavy (non-hydrogen) atoms. The van der Waals surface area contributed by atoms with Crippen molar-refractivity contribution < 1.29 is 0 Å². The van der Waals surface area contributed by atoms with Gasteiger partial charge in [-0.3, -0.25) is 0 Å². The number of hydrogen-bond donors (Lipinski definition) is 1. The van der Waals surface area contributed by atoms with Gasteiger partial charge in [0.15, 0.2) is 0 Å². The van der Waals surface area contributed by atoms with Crippen LogP contribution in [0.25, 0.3) is 0 Å². The molecule has 1 nitrogen and oxygen atoms in total. The lowest BCUT2D eigenvalue weighted by Crippen LogP contribution is -2.40. The molecule has 0 heterocycles. The Morgan fingerprint density at radius 3 is 2.05 bits per heavy atom. The molecule has 0 aliphatic heterocycles. The molecule has 1 N–H and O–H groups in total. The summed E-state index contributed by atoms with van der Waals surface area (Å²) in [6, 6.07) is 0.825. The van der Waals surface area contributed by atoms with E-state index >= 15 is 0 Å². The molecule has 2 saturated carbocycles. The number of rotatable bonds is 7. The zero-order valence-corrected chi connectivity index (χ0v) is 14.2. The molecule has 0 spiro atoms. The van der Waals surface area contributed by atoms with Crippen molar-refractivity contribution in [2.45, 2.75) is 91.0 Å². The van der Waals surface area contributed by atoms with Gasteiger partial charge in [-0.25, -0.2) is 0 Å². The quantitative estimate of drug-likeness (QED) is 0.658. The van der Waals surface area contributed by atoms with Crippen LogP contribution in [0.5, 0.6) is 0 Å². The molecule has 0 radical (unpaired) electrons. The third-order valence-corrected chi connectivity index (χ3v) is 6.05. The van der Waals surface area contributed by atoms with E-state index in [0.717, 1.165) is 29.7 Å². The van der Waals surface area contributed by atoms with E-state index in [2.05, 4.69) is 26.1 Å². The Morgan fingerprint density at radius 2 is 1.50 bits per heavy atom. The van der Waals surface area contributed by atoms with E-state index in [1.54, 1.807) is 0 Å². The minimum Gasteiger partial charge on any atom is -0.314 e. The minimum absolute atomic E-state index is 0.825. The van der Waals surface area contributed by atoms with Gasteiger partial charge in [0, 0.05) is 6.04 Å². The number of nitrogens with one attached hydrogen (secondary N) is 1. The largest absolute Gasteiger partial charge is 0.314 e. The fourth-order valence-corrected chi connectivity index (χ4v) is 4.59. The topological polar surface area (TPSA) is 12.0 Å². The van der Waals surface area contributed by atoms with Crippen LogP contribution in [0.3, 0.4) is 0 Å². The third kappa shape index (κ3) is 4.76. The monoisotopic (exact) mass is 279 g/mol. The summed E-state index contributed by atoms with van der Waals surface area (Å²) in [5.41, 5.74) is 0. The second-order valence-electron chi connectivity index (χ2n) is 7.87. The molecule has 0 amide bonds. The zero-order valence-electron chi connectivity index (χ0n) is 14.2. The van der Waals surface area contributed by atoms with Crippen molar-refractivity contribution in [1.29, 1.82) is 0 Å². The molecular weight excluding hydrogens is 242 g/mol. The molecule has 0 aromatic carbocycles. The van der Waals surface area contributed by atoms with Gasteiger partial charge in [-0.05, 0) is 68.7 Å². The highest BCUT2D eigenvalue weighted by Gasteiger charge is 2.30. The molecule has 1 heteroatoms. The third-order valence-electron chi connectivity index (χ3n) is 6.05. The Bertz CT molecular complexity index is 246. The smallest absolute Gasteiger partial charge is 0.00979 e. The SMILES string of the molecule is CCCNC(CC1CCCC1)C1CCC(C(C)C)CC1. The van der Waals surface area contributed by atoms with Crippen LogP contribution in [0.1, 0.15) is 85.0 Å². The lowest BCUT2D eigenvalue weighted by Gasteiger charge is -2.37. The average Bonchev–Trinajstić information content (AvgIpc) is 2.96. The molecule has 118 valence electrons. The van der Waals surface area contributed by atoms with Crippen molar-refractivity contribution in [2.24, 2.45) is 23.7 Å². The standard InChI is InChI=1S/C19H37N/c1-4-13-20-19(14-16-7-5-6-8-16)18-11-9-17(10-12-18)15(2)3/h15-20H,4-14H2,1-3H3. The van der Waals surface area contributed by atoms with Crippen LogP contribution in [0.4, 0.5) is 0 Å². The maximum Gasteiger partial charge on any atom is 0.00979 e.